The highest BCUT2D eigenvalue weighted by Gasteiger charge is 2.30. The summed E-state index contributed by atoms with van der Waals surface area (Å²) < 4.78 is 39.8. The predicted molar refractivity (Wildman–Crippen MR) is 72.3 cm³/mol. The molecule has 1 aliphatic heterocycles. The minimum atomic E-state index is -3.81. The van der Waals surface area contributed by atoms with Crippen molar-refractivity contribution < 1.29 is 12.8 Å². The zero-order chi connectivity index (χ0) is 14.0. The van der Waals surface area contributed by atoms with E-state index in [4.69, 9.17) is 11.6 Å². The van der Waals surface area contributed by atoms with Gasteiger partial charge in [-0.3, -0.25) is 0 Å². The van der Waals surface area contributed by atoms with Gasteiger partial charge in [0.2, 0.25) is 10.0 Å². The zero-order valence-corrected chi connectivity index (χ0v) is 12.1. The Bertz CT molecular complexity index is 559. The van der Waals surface area contributed by atoms with E-state index in [0.717, 1.165) is 32.0 Å². The van der Waals surface area contributed by atoms with Gasteiger partial charge in [-0.15, -0.1) is 0 Å². The fourth-order valence-electron chi connectivity index (χ4n) is 2.21. The number of rotatable bonds is 3. The largest absolute Gasteiger partial charge is 0.317 e. The van der Waals surface area contributed by atoms with E-state index in [1.165, 1.54) is 23.5 Å². The van der Waals surface area contributed by atoms with Gasteiger partial charge in [0.15, 0.2) is 0 Å². The van der Waals surface area contributed by atoms with Crippen LogP contribution in [0.2, 0.25) is 5.02 Å². The Morgan fingerprint density at radius 3 is 2.58 bits per heavy atom. The molecule has 1 fully saturated rings. The van der Waals surface area contributed by atoms with Crippen molar-refractivity contribution in [2.45, 2.75) is 23.8 Å². The number of benzene rings is 1. The lowest BCUT2D eigenvalue weighted by Gasteiger charge is -2.30. The maximum absolute atomic E-state index is 13.8. The first kappa shape index (κ1) is 14.7. The summed E-state index contributed by atoms with van der Waals surface area (Å²) in [6, 6.07) is 3.52. The van der Waals surface area contributed by atoms with Crippen molar-refractivity contribution in [3.8, 4) is 0 Å². The number of nitrogens with one attached hydrogen (secondary N) is 1. The first-order valence-corrected chi connectivity index (χ1v) is 7.88. The molecule has 0 aromatic heterocycles. The van der Waals surface area contributed by atoms with Gasteiger partial charge in [-0.1, -0.05) is 11.6 Å². The summed E-state index contributed by atoms with van der Waals surface area (Å²) in [4.78, 5) is -0.321. The molecule has 2 rings (SSSR count). The Kier molecular flexibility index (Phi) is 4.45. The van der Waals surface area contributed by atoms with Gasteiger partial charge in [0.05, 0.1) is 0 Å². The average molecular weight is 307 g/mol. The van der Waals surface area contributed by atoms with Crippen molar-refractivity contribution >= 4 is 21.6 Å². The molecule has 1 aromatic carbocycles. The molecule has 0 saturated carbocycles. The summed E-state index contributed by atoms with van der Waals surface area (Å²) in [7, 11) is -2.31. The predicted octanol–water partition coefficient (Wildman–Crippen LogP) is 1.85. The molecule has 1 saturated heterocycles. The van der Waals surface area contributed by atoms with Crippen LogP contribution < -0.4 is 5.32 Å². The Morgan fingerprint density at radius 2 is 2.00 bits per heavy atom. The zero-order valence-electron chi connectivity index (χ0n) is 10.6. The van der Waals surface area contributed by atoms with Gasteiger partial charge in [0.25, 0.3) is 0 Å². The molecular weight excluding hydrogens is 291 g/mol. The maximum atomic E-state index is 13.8. The quantitative estimate of drug-likeness (QED) is 0.927. The van der Waals surface area contributed by atoms with Crippen molar-refractivity contribution in [1.29, 1.82) is 0 Å². The van der Waals surface area contributed by atoms with E-state index in [1.54, 1.807) is 0 Å². The number of piperidine rings is 1. The molecule has 0 spiro atoms. The summed E-state index contributed by atoms with van der Waals surface area (Å²) in [5, 5.41) is 3.35. The second-order valence-electron chi connectivity index (χ2n) is 4.58. The minimum absolute atomic E-state index is 0.0960. The molecule has 1 N–H and O–H groups in total. The Balaban J connectivity index is 2.30. The Morgan fingerprint density at radius 1 is 1.37 bits per heavy atom. The lowest BCUT2D eigenvalue weighted by Crippen LogP contribution is -2.44. The third kappa shape index (κ3) is 3.08. The van der Waals surface area contributed by atoms with E-state index in [9.17, 15) is 12.8 Å². The van der Waals surface area contributed by atoms with Gasteiger partial charge >= 0.3 is 0 Å². The molecule has 1 heterocycles. The van der Waals surface area contributed by atoms with E-state index < -0.39 is 15.8 Å². The standard InChI is InChI=1S/C12H16ClFN2O2S/c1-16(10-4-6-15-7-5-10)19(17,18)12-3-2-9(13)8-11(12)14/h2-3,8,10,15H,4-7H2,1H3. The van der Waals surface area contributed by atoms with Crippen LogP contribution in [0.15, 0.2) is 23.1 Å². The molecule has 0 unspecified atom stereocenters. The van der Waals surface area contributed by atoms with E-state index in [1.807, 2.05) is 0 Å². The molecule has 1 aromatic rings. The topological polar surface area (TPSA) is 49.4 Å². The lowest BCUT2D eigenvalue weighted by molar-refractivity contribution is 0.295. The fraction of sp³-hybridized carbons (Fsp3) is 0.500. The molecule has 0 radical (unpaired) electrons. The monoisotopic (exact) mass is 306 g/mol. The number of sulfonamides is 1. The lowest BCUT2D eigenvalue weighted by atomic mass is 10.1. The molecule has 0 amide bonds. The van der Waals surface area contributed by atoms with Crippen molar-refractivity contribution in [3.05, 3.63) is 29.0 Å². The van der Waals surface area contributed by atoms with Crippen molar-refractivity contribution in [2.24, 2.45) is 0 Å². The molecule has 7 heteroatoms. The van der Waals surface area contributed by atoms with Crippen LogP contribution in [0.25, 0.3) is 0 Å². The number of hydrogen-bond acceptors (Lipinski definition) is 3. The normalized spacial score (nSPS) is 17.9. The molecule has 0 bridgehead atoms. The van der Waals surface area contributed by atoms with E-state index >= 15 is 0 Å². The van der Waals surface area contributed by atoms with Gasteiger partial charge in [-0.05, 0) is 44.1 Å². The summed E-state index contributed by atoms with van der Waals surface area (Å²) >= 11 is 5.64. The maximum Gasteiger partial charge on any atom is 0.245 e. The summed E-state index contributed by atoms with van der Waals surface area (Å²) in [5.74, 6) is -0.812. The first-order valence-electron chi connectivity index (χ1n) is 6.07. The molecule has 4 nitrogen and oxygen atoms in total. The van der Waals surface area contributed by atoms with Crippen LogP contribution in [0.4, 0.5) is 4.39 Å². The second kappa shape index (κ2) is 5.75. The number of hydrogen-bond donors (Lipinski definition) is 1. The highest BCUT2D eigenvalue weighted by atomic mass is 35.5. The Labute approximate surface area is 117 Å². The van der Waals surface area contributed by atoms with E-state index in [2.05, 4.69) is 5.32 Å². The van der Waals surface area contributed by atoms with Gasteiger partial charge in [-0.2, -0.15) is 4.31 Å². The minimum Gasteiger partial charge on any atom is -0.317 e. The van der Waals surface area contributed by atoms with Crippen LogP contribution in [0.1, 0.15) is 12.8 Å². The third-order valence-electron chi connectivity index (χ3n) is 3.37. The molecule has 106 valence electrons. The van der Waals surface area contributed by atoms with Crippen LogP contribution >= 0.6 is 11.6 Å². The van der Waals surface area contributed by atoms with Crippen LogP contribution in [-0.4, -0.2) is 38.9 Å². The van der Waals surface area contributed by atoms with Crippen LogP contribution in [0.3, 0.4) is 0 Å². The summed E-state index contributed by atoms with van der Waals surface area (Å²) in [5.41, 5.74) is 0. The SMILES string of the molecule is CN(C1CCNCC1)S(=O)(=O)c1ccc(Cl)cc1F. The number of halogens is 2. The third-order valence-corrected chi connectivity index (χ3v) is 5.55. The van der Waals surface area contributed by atoms with Crippen LogP contribution in [0, 0.1) is 5.82 Å². The van der Waals surface area contributed by atoms with E-state index in [0.29, 0.717) is 0 Å². The molecular formula is C12H16ClFN2O2S. The van der Waals surface area contributed by atoms with Gasteiger partial charge in [0.1, 0.15) is 10.7 Å². The van der Waals surface area contributed by atoms with Gasteiger partial charge in [-0.25, -0.2) is 12.8 Å². The summed E-state index contributed by atoms with van der Waals surface area (Å²) in [6.45, 7) is 1.54. The molecule has 19 heavy (non-hydrogen) atoms. The molecule has 0 aliphatic carbocycles. The van der Waals surface area contributed by atoms with Crippen LogP contribution in [-0.2, 0) is 10.0 Å². The van der Waals surface area contributed by atoms with Crippen LogP contribution in [0.5, 0.6) is 0 Å². The second-order valence-corrected chi connectivity index (χ2v) is 6.98. The summed E-state index contributed by atoms with van der Waals surface area (Å²) in [6.07, 6.45) is 1.45. The molecule has 1 aliphatic rings. The van der Waals surface area contributed by atoms with Gasteiger partial charge < -0.3 is 5.32 Å². The number of nitrogens with zero attached hydrogens (tertiary/aromatic N) is 1. The van der Waals surface area contributed by atoms with Crippen molar-refractivity contribution in [2.75, 3.05) is 20.1 Å². The average Bonchev–Trinajstić information content (AvgIpc) is 2.38. The molecule has 0 atom stereocenters. The fourth-order valence-corrected chi connectivity index (χ4v) is 3.82. The van der Waals surface area contributed by atoms with E-state index in [-0.39, 0.29) is 16.0 Å². The van der Waals surface area contributed by atoms with Crippen molar-refractivity contribution in [3.63, 3.8) is 0 Å². The smallest absolute Gasteiger partial charge is 0.245 e. The highest BCUT2D eigenvalue weighted by Crippen LogP contribution is 2.24. The first-order chi connectivity index (χ1) is 8.93. The van der Waals surface area contributed by atoms with Gasteiger partial charge in [0, 0.05) is 18.1 Å². The highest BCUT2D eigenvalue weighted by molar-refractivity contribution is 7.89. The Hall–Kier alpha value is -0.690. The van der Waals surface area contributed by atoms with Crippen molar-refractivity contribution in [1.82, 2.24) is 9.62 Å².